The van der Waals surface area contributed by atoms with Gasteiger partial charge in [0.1, 0.15) is 13.2 Å². The summed E-state index contributed by atoms with van der Waals surface area (Å²) in [6.07, 6.45) is 1.02. The summed E-state index contributed by atoms with van der Waals surface area (Å²) in [5.41, 5.74) is 1.09. The zero-order chi connectivity index (χ0) is 15.5. The molecule has 0 saturated heterocycles. The maximum absolute atomic E-state index is 12.0. The maximum atomic E-state index is 12.0. The van der Waals surface area contributed by atoms with Crippen molar-refractivity contribution in [1.82, 2.24) is 5.32 Å². The summed E-state index contributed by atoms with van der Waals surface area (Å²) in [5, 5.41) is 2.78. The Hall–Kier alpha value is -2.24. The van der Waals surface area contributed by atoms with E-state index in [1.807, 2.05) is 18.2 Å². The molecule has 1 N–H and O–H groups in total. The molecule has 1 fully saturated rings. The number of fused-ring (bicyclic) bond motifs is 1. The van der Waals surface area contributed by atoms with Gasteiger partial charge in [-0.15, -0.1) is 0 Å². The number of nitrogens with one attached hydrogen (secondary N) is 1. The highest BCUT2D eigenvalue weighted by atomic mass is 16.6. The lowest BCUT2D eigenvalue weighted by atomic mass is 10.1. The molecule has 1 heterocycles. The Balaban J connectivity index is 1.53. The van der Waals surface area contributed by atoms with Crippen LogP contribution in [0, 0.1) is 5.92 Å². The number of amides is 1. The van der Waals surface area contributed by atoms with Crippen molar-refractivity contribution in [1.29, 1.82) is 0 Å². The van der Waals surface area contributed by atoms with Gasteiger partial charge in [-0.05, 0) is 30.0 Å². The van der Waals surface area contributed by atoms with Crippen LogP contribution in [0.2, 0.25) is 0 Å². The van der Waals surface area contributed by atoms with Crippen LogP contribution in [-0.2, 0) is 14.3 Å². The van der Waals surface area contributed by atoms with Crippen LogP contribution in [0.15, 0.2) is 18.2 Å². The molecule has 2 atom stereocenters. The average Bonchev–Trinajstić information content (AvgIpc) is 3.35. The van der Waals surface area contributed by atoms with Crippen LogP contribution in [0.5, 0.6) is 11.5 Å². The Labute approximate surface area is 128 Å². The zero-order valence-electron chi connectivity index (χ0n) is 12.5. The zero-order valence-corrected chi connectivity index (χ0v) is 12.5. The molecule has 2 aliphatic rings. The number of hydrogen-bond acceptors (Lipinski definition) is 5. The third-order valence-corrected chi connectivity index (χ3v) is 3.98. The molecule has 1 aliphatic heterocycles. The summed E-state index contributed by atoms with van der Waals surface area (Å²) in [6.45, 7) is 1.44. The summed E-state index contributed by atoms with van der Waals surface area (Å²) in [5.74, 6) is 1.37. The molecular formula is C16H19NO5. The van der Waals surface area contributed by atoms with Crippen molar-refractivity contribution in [2.45, 2.75) is 18.8 Å². The van der Waals surface area contributed by atoms with Crippen LogP contribution >= 0.6 is 0 Å². The van der Waals surface area contributed by atoms with E-state index in [0.717, 1.165) is 23.5 Å². The van der Waals surface area contributed by atoms with Gasteiger partial charge in [-0.1, -0.05) is 6.07 Å². The summed E-state index contributed by atoms with van der Waals surface area (Å²) in [7, 11) is 1.34. The molecule has 0 spiro atoms. The Morgan fingerprint density at radius 2 is 2.05 bits per heavy atom. The minimum absolute atomic E-state index is 0.0104. The Bertz CT molecular complexity index is 586. The lowest BCUT2D eigenvalue weighted by Gasteiger charge is -2.18. The van der Waals surface area contributed by atoms with E-state index in [9.17, 15) is 9.59 Å². The minimum Gasteiger partial charge on any atom is -0.486 e. The van der Waals surface area contributed by atoms with E-state index >= 15 is 0 Å². The standard InChI is InChI=1S/C16H19NO5/c1-20-15(18)4-5-17-16(19)12-9-11(12)10-2-3-13-14(8-10)22-7-6-21-13/h2-3,8,11-12H,4-7,9H2,1H3,(H,17,19)/t11-,12+/m0/s1. The van der Waals surface area contributed by atoms with Crippen LogP contribution in [0.1, 0.15) is 24.3 Å². The predicted molar refractivity (Wildman–Crippen MR) is 77.9 cm³/mol. The van der Waals surface area contributed by atoms with Gasteiger partial charge in [-0.2, -0.15) is 0 Å². The van der Waals surface area contributed by atoms with E-state index in [-0.39, 0.29) is 30.1 Å². The lowest BCUT2D eigenvalue weighted by molar-refractivity contribution is -0.140. The van der Waals surface area contributed by atoms with E-state index in [4.69, 9.17) is 9.47 Å². The van der Waals surface area contributed by atoms with Crippen molar-refractivity contribution >= 4 is 11.9 Å². The summed E-state index contributed by atoms with van der Waals surface area (Å²) < 4.78 is 15.6. The van der Waals surface area contributed by atoms with Crippen molar-refractivity contribution in [3.63, 3.8) is 0 Å². The van der Waals surface area contributed by atoms with Crippen LogP contribution in [0.25, 0.3) is 0 Å². The first-order valence-electron chi connectivity index (χ1n) is 7.43. The first-order chi connectivity index (χ1) is 10.7. The van der Waals surface area contributed by atoms with E-state index in [1.54, 1.807) is 0 Å². The maximum Gasteiger partial charge on any atom is 0.307 e. The highest BCUT2D eigenvalue weighted by Gasteiger charge is 2.44. The summed E-state index contributed by atoms with van der Waals surface area (Å²) in [6, 6.07) is 5.84. The SMILES string of the molecule is COC(=O)CCNC(=O)[C@@H]1C[C@H]1c1ccc2c(c1)OCCO2. The molecule has 1 aromatic rings. The van der Waals surface area contributed by atoms with E-state index in [2.05, 4.69) is 10.1 Å². The Morgan fingerprint density at radius 3 is 2.82 bits per heavy atom. The number of hydrogen-bond donors (Lipinski definition) is 1. The fraction of sp³-hybridized carbons (Fsp3) is 0.500. The van der Waals surface area contributed by atoms with E-state index in [0.29, 0.717) is 19.8 Å². The molecular weight excluding hydrogens is 286 g/mol. The molecule has 1 aliphatic carbocycles. The third kappa shape index (κ3) is 3.16. The highest BCUT2D eigenvalue weighted by Crippen LogP contribution is 2.49. The van der Waals surface area contributed by atoms with Gasteiger partial charge >= 0.3 is 5.97 Å². The molecule has 1 saturated carbocycles. The van der Waals surface area contributed by atoms with E-state index in [1.165, 1.54) is 7.11 Å². The summed E-state index contributed by atoms with van der Waals surface area (Å²) in [4.78, 5) is 23.0. The first-order valence-corrected chi connectivity index (χ1v) is 7.43. The number of methoxy groups -OCH3 is 1. The van der Waals surface area contributed by atoms with Crippen molar-refractivity contribution in [2.75, 3.05) is 26.9 Å². The molecule has 1 aromatic carbocycles. The number of rotatable bonds is 5. The molecule has 6 heteroatoms. The van der Waals surface area contributed by atoms with Crippen molar-refractivity contribution in [3.05, 3.63) is 23.8 Å². The Morgan fingerprint density at radius 1 is 1.27 bits per heavy atom. The molecule has 0 unspecified atom stereocenters. The monoisotopic (exact) mass is 305 g/mol. The average molecular weight is 305 g/mol. The third-order valence-electron chi connectivity index (χ3n) is 3.98. The van der Waals surface area contributed by atoms with Crippen LogP contribution in [-0.4, -0.2) is 38.7 Å². The van der Waals surface area contributed by atoms with Gasteiger partial charge in [0, 0.05) is 12.5 Å². The number of carbonyl (C=O) groups is 2. The second kappa shape index (κ2) is 6.25. The molecule has 6 nitrogen and oxygen atoms in total. The van der Waals surface area contributed by atoms with Gasteiger partial charge in [-0.25, -0.2) is 0 Å². The quantitative estimate of drug-likeness (QED) is 0.829. The van der Waals surface area contributed by atoms with Crippen LogP contribution < -0.4 is 14.8 Å². The van der Waals surface area contributed by atoms with Crippen molar-refractivity contribution in [3.8, 4) is 11.5 Å². The molecule has 1 amide bonds. The first kappa shape index (κ1) is 14.7. The Kier molecular flexibility index (Phi) is 4.18. The number of carbonyl (C=O) groups excluding carboxylic acids is 2. The smallest absolute Gasteiger partial charge is 0.307 e. The molecule has 22 heavy (non-hydrogen) atoms. The van der Waals surface area contributed by atoms with Gasteiger partial charge in [-0.3, -0.25) is 9.59 Å². The minimum atomic E-state index is -0.320. The molecule has 0 aromatic heterocycles. The largest absolute Gasteiger partial charge is 0.486 e. The number of ether oxygens (including phenoxy) is 3. The highest BCUT2D eigenvalue weighted by molar-refractivity contribution is 5.83. The molecule has 3 rings (SSSR count). The normalized spacial score (nSPS) is 21.9. The van der Waals surface area contributed by atoms with Crippen LogP contribution in [0.4, 0.5) is 0 Å². The van der Waals surface area contributed by atoms with Crippen LogP contribution in [0.3, 0.4) is 0 Å². The summed E-state index contributed by atoms with van der Waals surface area (Å²) >= 11 is 0. The van der Waals surface area contributed by atoms with Gasteiger partial charge in [0.15, 0.2) is 11.5 Å². The topological polar surface area (TPSA) is 73.9 Å². The second-order valence-corrected chi connectivity index (χ2v) is 5.47. The number of benzene rings is 1. The lowest BCUT2D eigenvalue weighted by Crippen LogP contribution is -2.28. The van der Waals surface area contributed by atoms with Gasteiger partial charge in [0.05, 0.1) is 13.5 Å². The van der Waals surface area contributed by atoms with E-state index < -0.39 is 0 Å². The molecule has 0 bridgehead atoms. The van der Waals surface area contributed by atoms with Crippen molar-refractivity contribution in [2.24, 2.45) is 5.92 Å². The predicted octanol–water partition coefficient (Wildman–Crippen LogP) is 1.24. The van der Waals surface area contributed by atoms with Crippen molar-refractivity contribution < 1.29 is 23.8 Å². The van der Waals surface area contributed by atoms with Gasteiger partial charge in [0.25, 0.3) is 0 Å². The van der Waals surface area contributed by atoms with Gasteiger partial charge < -0.3 is 19.5 Å². The fourth-order valence-electron chi connectivity index (χ4n) is 2.66. The number of esters is 1. The molecule has 0 radical (unpaired) electrons. The second-order valence-electron chi connectivity index (χ2n) is 5.47. The molecule has 118 valence electrons. The van der Waals surface area contributed by atoms with Gasteiger partial charge in [0.2, 0.25) is 5.91 Å². The fourth-order valence-corrected chi connectivity index (χ4v) is 2.66.